The predicted octanol–water partition coefficient (Wildman–Crippen LogP) is 4.87. The molecule has 1 amide bonds. The van der Waals surface area contributed by atoms with Gasteiger partial charge in [0.15, 0.2) is 5.11 Å². The Kier molecular flexibility index (Phi) is 7.75. The summed E-state index contributed by atoms with van der Waals surface area (Å²) in [5.41, 5.74) is 2.97. The van der Waals surface area contributed by atoms with Crippen molar-refractivity contribution in [3.05, 3.63) is 45.8 Å². The van der Waals surface area contributed by atoms with Crippen LogP contribution in [0.4, 0.5) is 10.7 Å². The van der Waals surface area contributed by atoms with Crippen molar-refractivity contribution in [2.45, 2.75) is 33.1 Å². The van der Waals surface area contributed by atoms with Crippen LogP contribution in [0.5, 0.6) is 0 Å². The molecule has 1 heterocycles. The van der Waals surface area contributed by atoms with Gasteiger partial charge in [-0.05, 0) is 48.7 Å². The highest BCUT2D eigenvalue weighted by atomic mass is 32.1. The number of esters is 1. The Balaban J connectivity index is 2.34. The van der Waals surface area contributed by atoms with E-state index in [0.717, 1.165) is 17.7 Å². The monoisotopic (exact) mass is 433 g/mol. The molecule has 29 heavy (non-hydrogen) atoms. The highest BCUT2D eigenvalue weighted by Crippen LogP contribution is 2.35. The van der Waals surface area contributed by atoms with Crippen LogP contribution in [-0.4, -0.2) is 43.1 Å². The maximum atomic E-state index is 12.5. The minimum atomic E-state index is -0.512. The smallest absolute Gasteiger partial charge is 0.341 e. The number of methoxy groups -OCH3 is 1. The van der Waals surface area contributed by atoms with E-state index in [0.29, 0.717) is 32.0 Å². The molecule has 6 nitrogen and oxygen atoms in total. The second-order valence-corrected chi connectivity index (χ2v) is 8.36. The Morgan fingerprint density at radius 2 is 1.90 bits per heavy atom. The molecule has 0 radical (unpaired) electrons. The van der Waals surface area contributed by atoms with Crippen LogP contribution in [0.3, 0.4) is 0 Å². The third-order valence-corrected chi connectivity index (χ3v) is 6.12. The normalized spacial score (nSPS) is 11.5. The van der Waals surface area contributed by atoms with Crippen molar-refractivity contribution in [1.29, 1.82) is 0 Å². The molecular formula is C21H27N3O3S2. The van der Waals surface area contributed by atoms with Gasteiger partial charge in [-0.15, -0.1) is 11.3 Å². The van der Waals surface area contributed by atoms with Crippen LogP contribution >= 0.6 is 23.6 Å². The molecule has 0 aliphatic carbocycles. The molecule has 156 valence electrons. The summed E-state index contributed by atoms with van der Waals surface area (Å²) >= 11 is 6.68. The molecule has 0 saturated heterocycles. The van der Waals surface area contributed by atoms with E-state index in [1.807, 2.05) is 18.2 Å². The van der Waals surface area contributed by atoms with Crippen molar-refractivity contribution in [3.8, 4) is 0 Å². The van der Waals surface area contributed by atoms with E-state index >= 15 is 0 Å². The van der Waals surface area contributed by atoms with Crippen molar-refractivity contribution >= 4 is 51.2 Å². The molecule has 1 aromatic heterocycles. The van der Waals surface area contributed by atoms with Crippen LogP contribution in [-0.2, 0) is 4.74 Å². The Morgan fingerprint density at radius 1 is 1.24 bits per heavy atom. The number of rotatable bonds is 6. The maximum Gasteiger partial charge on any atom is 0.341 e. The number of amides is 1. The quantitative estimate of drug-likeness (QED) is 0.500. The van der Waals surface area contributed by atoms with Gasteiger partial charge in [-0.2, -0.15) is 0 Å². The summed E-state index contributed by atoms with van der Waals surface area (Å²) in [6.07, 6.45) is 1.01. The van der Waals surface area contributed by atoms with Crippen molar-refractivity contribution < 1.29 is 14.3 Å². The fourth-order valence-electron chi connectivity index (χ4n) is 2.87. The number of ether oxygens (including phenoxy) is 1. The molecule has 0 spiro atoms. The molecule has 2 rings (SSSR count). The standard InChI is InChI=1S/C21H27N3O3S2/c1-7-12(2)14-10-8-9-11-15(14)22-21(28)23-18-16(20(26)27-6)13(3)17(29-18)19(25)24(4)5/h8-12H,7H2,1-6H3,(H2,22,23,28)/t12-/m0/s1. The van der Waals surface area contributed by atoms with Gasteiger partial charge in [-0.1, -0.05) is 32.0 Å². The number of anilines is 2. The summed E-state index contributed by atoms with van der Waals surface area (Å²) in [5.74, 6) is -0.311. The van der Waals surface area contributed by atoms with Gasteiger partial charge < -0.3 is 20.3 Å². The zero-order valence-electron chi connectivity index (χ0n) is 17.6. The zero-order chi connectivity index (χ0) is 21.7. The molecule has 0 aliphatic heterocycles. The van der Waals surface area contributed by atoms with Crippen LogP contribution in [0.1, 0.15) is 57.3 Å². The lowest BCUT2D eigenvalue weighted by Gasteiger charge is -2.17. The minimum absolute atomic E-state index is 0.174. The van der Waals surface area contributed by atoms with E-state index in [-0.39, 0.29) is 5.91 Å². The molecule has 0 fully saturated rings. The molecular weight excluding hydrogens is 406 g/mol. The van der Waals surface area contributed by atoms with Crippen LogP contribution in [0.2, 0.25) is 0 Å². The van der Waals surface area contributed by atoms with E-state index in [2.05, 4.69) is 30.5 Å². The SMILES string of the molecule is CC[C@H](C)c1ccccc1NC(=S)Nc1sc(C(=O)N(C)C)c(C)c1C(=O)OC. The largest absolute Gasteiger partial charge is 0.465 e. The number of benzene rings is 1. The average Bonchev–Trinajstić information content (AvgIpc) is 3.01. The number of carbonyl (C=O) groups is 2. The second kappa shape index (κ2) is 9.84. The molecule has 2 N–H and O–H groups in total. The first-order chi connectivity index (χ1) is 13.7. The highest BCUT2D eigenvalue weighted by Gasteiger charge is 2.26. The second-order valence-electron chi connectivity index (χ2n) is 6.93. The van der Waals surface area contributed by atoms with E-state index in [9.17, 15) is 9.59 Å². The summed E-state index contributed by atoms with van der Waals surface area (Å²) in [7, 11) is 4.66. The van der Waals surface area contributed by atoms with Crippen LogP contribution in [0.15, 0.2) is 24.3 Å². The maximum absolute atomic E-state index is 12.5. The van der Waals surface area contributed by atoms with Gasteiger partial charge in [0.25, 0.3) is 5.91 Å². The summed E-state index contributed by atoms with van der Waals surface area (Å²) in [5, 5.41) is 7.13. The number of nitrogens with zero attached hydrogens (tertiary/aromatic N) is 1. The van der Waals surface area contributed by atoms with E-state index in [1.54, 1.807) is 21.0 Å². The summed E-state index contributed by atoms with van der Waals surface area (Å²) in [6.45, 7) is 6.03. The van der Waals surface area contributed by atoms with E-state index in [1.165, 1.54) is 23.3 Å². The number of thiophene rings is 1. The predicted molar refractivity (Wildman–Crippen MR) is 123 cm³/mol. The number of para-hydroxylation sites is 1. The Bertz CT molecular complexity index is 922. The number of hydrogen-bond donors (Lipinski definition) is 2. The molecule has 0 aliphatic rings. The van der Waals surface area contributed by atoms with Crippen molar-refractivity contribution in [1.82, 2.24) is 4.90 Å². The van der Waals surface area contributed by atoms with Crippen LogP contribution < -0.4 is 10.6 Å². The lowest BCUT2D eigenvalue weighted by Crippen LogP contribution is -2.21. The molecule has 0 saturated carbocycles. The van der Waals surface area contributed by atoms with Gasteiger partial charge in [0.2, 0.25) is 0 Å². The van der Waals surface area contributed by atoms with Gasteiger partial charge in [0.1, 0.15) is 5.00 Å². The third-order valence-electron chi connectivity index (χ3n) is 4.72. The molecule has 1 atom stereocenters. The van der Waals surface area contributed by atoms with Gasteiger partial charge in [-0.3, -0.25) is 4.79 Å². The minimum Gasteiger partial charge on any atom is -0.465 e. The first-order valence-corrected chi connectivity index (χ1v) is 10.5. The molecule has 2 aromatic rings. The fourth-order valence-corrected chi connectivity index (χ4v) is 4.37. The van der Waals surface area contributed by atoms with Crippen LogP contribution in [0.25, 0.3) is 0 Å². The molecule has 8 heteroatoms. The van der Waals surface area contributed by atoms with Gasteiger partial charge >= 0.3 is 5.97 Å². The lowest BCUT2D eigenvalue weighted by atomic mass is 9.97. The topological polar surface area (TPSA) is 70.7 Å². The number of thiocarbonyl (C=S) groups is 1. The third kappa shape index (κ3) is 5.13. The molecule has 1 aromatic carbocycles. The Labute approximate surface area is 181 Å². The van der Waals surface area contributed by atoms with Gasteiger partial charge in [-0.25, -0.2) is 4.79 Å². The zero-order valence-corrected chi connectivity index (χ0v) is 19.2. The Hall–Kier alpha value is -2.45. The van der Waals surface area contributed by atoms with E-state index in [4.69, 9.17) is 17.0 Å². The Morgan fingerprint density at radius 3 is 2.48 bits per heavy atom. The summed E-state index contributed by atoms with van der Waals surface area (Å²) < 4.78 is 4.92. The number of nitrogens with one attached hydrogen (secondary N) is 2. The summed E-state index contributed by atoms with van der Waals surface area (Å²) in [6, 6.07) is 7.99. The number of hydrogen-bond acceptors (Lipinski definition) is 5. The van der Waals surface area contributed by atoms with Crippen molar-refractivity contribution in [2.75, 3.05) is 31.8 Å². The van der Waals surface area contributed by atoms with Gasteiger partial charge in [0, 0.05) is 19.8 Å². The van der Waals surface area contributed by atoms with Crippen molar-refractivity contribution in [3.63, 3.8) is 0 Å². The van der Waals surface area contributed by atoms with Crippen LogP contribution in [0, 0.1) is 6.92 Å². The van der Waals surface area contributed by atoms with Crippen molar-refractivity contribution in [2.24, 2.45) is 0 Å². The first kappa shape index (κ1) is 22.8. The average molecular weight is 434 g/mol. The fraction of sp³-hybridized carbons (Fsp3) is 0.381. The van der Waals surface area contributed by atoms with Gasteiger partial charge in [0.05, 0.1) is 17.6 Å². The first-order valence-electron chi connectivity index (χ1n) is 9.31. The number of carbonyl (C=O) groups excluding carboxylic acids is 2. The summed E-state index contributed by atoms with van der Waals surface area (Å²) in [4.78, 5) is 26.8. The highest BCUT2D eigenvalue weighted by molar-refractivity contribution is 7.80. The lowest BCUT2D eigenvalue weighted by molar-refractivity contribution is 0.0601. The molecule has 0 unspecified atom stereocenters. The molecule has 0 bridgehead atoms. The van der Waals surface area contributed by atoms with E-state index < -0.39 is 5.97 Å².